The second-order valence-corrected chi connectivity index (χ2v) is 4.12. The van der Waals surface area contributed by atoms with Gasteiger partial charge in [-0.25, -0.2) is 0 Å². The van der Waals surface area contributed by atoms with Crippen LogP contribution in [0, 0.1) is 0 Å². The van der Waals surface area contributed by atoms with Gasteiger partial charge in [0.2, 0.25) is 5.91 Å². The van der Waals surface area contributed by atoms with Gasteiger partial charge in [-0.3, -0.25) is 9.59 Å². The lowest BCUT2D eigenvalue weighted by Gasteiger charge is -2.02. The van der Waals surface area contributed by atoms with Gasteiger partial charge in [0.05, 0.1) is 6.42 Å². The smallest absolute Gasteiger partial charge is 0.224 e. The zero-order valence-electron chi connectivity index (χ0n) is 10.9. The minimum atomic E-state index is -0.0510. The first-order valence-corrected chi connectivity index (χ1v) is 6.03. The molecule has 0 aromatic heterocycles. The maximum atomic E-state index is 11.6. The fourth-order valence-corrected chi connectivity index (χ4v) is 1.39. The summed E-state index contributed by atoms with van der Waals surface area (Å²) in [5.41, 5.74) is 7.17. The topological polar surface area (TPSA) is 72.2 Å². The summed E-state index contributed by atoms with van der Waals surface area (Å²) in [6, 6.07) is 7.21. The van der Waals surface area contributed by atoms with Crippen LogP contribution in [0.2, 0.25) is 0 Å². The Labute approximate surface area is 113 Å². The van der Waals surface area contributed by atoms with E-state index in [9.17, 15) is 9.59 Å². The Bertz CT molecular complexity index is 487. The van der Waals surface area contributed by atoms with E-state index in [-0.39, 0.29) is 11.7 Å². The number of amides is 1. The lowest BCUT2D eigenvalue weighted by molar-refractivity contribution is -0.120. The summed E-state index contributed by atoms with van der Waals surface area (Å²) in [5, 5.41) is 2.76. The van der Waals surface area contributed by atoms with Crippen LogP contribution in [0.3, 0.4) is 0 Å². The molecule has 0 aliphatic heterocycles. The Morgan fingerprint density at radius 2 is 1.89 bits per heavy atom. The molecule has 0 aliphatic rings. The van der Waals surface area contributed by atoms with E-state index < -0.39 is 0 Å². The van der Waals surface area contributed by atoms with Gasteiger partial charge < -0.3 is 11.1 Å². The number of anilines is 1. The summed E-state index contributed by atoms with van der Waals surface area (Å²) in [5.74, 6) is -0.0537. The molecule has 1 aromatic carbocycles. The first-order chi connectivity index (χ1) is 9.08. The van der Waals surface area contributed by atoms with Gasteiger partial charge in [0, 0.05) is 12.2 Å². The first-order valence-electron chi connectivity index (χ1n) is 6.03. The number of nitrogens with one attached hydrogen (secondary N) is 1. The van der Waals surface area contributed by atoms with Crippen molar-refractivity contribution in [2.75, 3.05) is 12.3 Å². The van der Waals surface area contributed by atoms with Crippen molar-refractivity contribution in [1.29, 1.82) is 0 Å². The monoisotopic (exact) mass is 258 g/mol. The fourth-order valence-electron chi connectivity index (χ4n) is 1.39. The summed E-state index contributed by atoms with van der Waals surface area (Å²) in [7, 11) is 0. The highest BCUT2D eigenvalue weighted by Crippen LogP contribution is 2.05. The Kier molecular flexibility index (Phi) is 6.09. The number of ketones is 1. The normalized spacial score (nSPS) is 11.0. The van der Waals surface area contributed by atoms with Gasteiger partial charge in [-0.1, -0.05) is 30.4 Å². The van der Waals surface area contributed by atoms with Crippen molar-refractivity contribution in [2.24, 2.45) is 0 Å². The number of rotatable bonds is 6. The van der Waals surface area contributed by atoms with Gasteiger partial charge in [0.15, 0.2) is 5.78 Å². The van der Waals surface area contributed by atoms with Gasteiger partial charge in [-0.15, -0.1) is 0 Å². The molecule has 0 saturated carbocycles. The van der Waals surface area contributed by atoms with Crippen LogP contribution in [-0.2, 0) is 16.0 Å². The van der Waals surface area contributed by atoms with Crippen molar-refractivity contribution in [2.45, 2.75) is 13.3 Å². The summed E-state index contributed by atoms with van der Waals surface area (Å²) in [6.07, 6.45) is 6.95. The summed E-state index contributed by atoms with van der Waals surface area (Å²) >= 11 is 0. The van der Waals surface area contributed by atoms with Gasteiger partial charge in [-0.2, -0.15) is 0 Å². The van der Waals surface area contributed by atoms with Crippen LogP contribution in [0.4, 0.5) is 5.69 Å². The first kappa shape index (κ1) is 14.7. The SMILES string of the molecule is CC(=O)/C=C/C=C/CNC(=O)Cc1ccc(N)cc1. The van der Waals surface area contributed by atoms with E-state index in [1.165, 1.54) is 13.0 Å². The number of benzene rings is 1. The maximum Gasteiger partial charge on any atom is 0.224 e. The maximum absolute atomic E-state index is 11.6. The molecule has 3 N–H and O–H groups in total. The minimum absolute atomic E-state index is 0.00274. The minimum Gasteiger partial charge on any atom is -0.399 e. The van der Waals surface area contributed by atoms with E-state index in [1.54, 1.807) is 30.4 Å². The molecule has 1 rings (SSSR count). The molecule has 0 bridgehead atoms. The van der Waals surface area contributed by atoms with Crippen molar-refractivity contribution < 1.29 is 9.59 Å². The number of hydrogen-bond donors (Lipinski definition) is 2. The van der Waals surface area contributed by atoms with Gasteiger partial charge in [0.25, 0.3) is 0 Å². The van der Waals surface area contributed by atoms with E-state index in [0.717, 1.165) is 5.56 Å². The lowest BCUT2D eigenvalue weighted by Crippen LogP contribution is -2.25. The number of nitrogen functional groups attached to an aromatic ring is 1. The van der Waals surface area contributed by atoms with E-state index in [4.69, 9.17) is 5.73 Å². The van der Waals surface area contributed by atoms with Crippen LogP contribution >= 0.6 is 0 Å². The largest absolute Gasteiger partial charge is 0.399 e. The standard InChI is InChI=1S/C15H18N2O2/c1-12(18)5-3-2-4-10-17-15(19)11-13-6-8-14(16)9-7-13/h2-9H,10-11,16H2,1H3,(H,17,19)/b4-2+,5-3+. The lowest BCUT2D eigenvalue weighted by atomic mass is 10.1. The van der Waals surface area contributed by atoms with Gasteiger partial charge in [0.1, 0.15) is 0 Å². The second-order valence-electron chi connectivity index (χ2n) is 4.12. The molecule has 4 heteroatoms. The van der Waals surface area contributed by atoms with Crippen molar-refractivity contribution in [1.82, 2.24) is 5.32 Å². The average molecular weight is 258 g/mol. The molecule has 19 heavy (non-hydrogen) atoms. The molecule has 0 atom stereocenters. The third kappa shape index (κ3) is 6.83. The molecule has 0 saturated heterocycles. The quantitative estimate of drug-likeness (QED) is 0.463. The predicted molar refractivity (Wildman–Crippen MR) is 76.5 cm³/mol. The van der Waals surface area contributed by atoms with Crippen molar-refractivity contribution >= 4 is 17.4 Å². The van der Waals surface area contributed by atoms with Crippen molar-refractivity contribution in [3.8, 4) is 0 Å². The third-order valence-electron chi connectivity index (χ3n) is 2.34. The van der Waals surface area contributed by atoms with E-state index in [1.807, 2.05) is 12.1 Å². The Balaban J connectivity index is 2.28. The zero-order chi connectivity index (χ0) is 14.1. The molecule has 100 valence electrons. The van der Waals surface area contributed by atoms with Crippen LogP contribution in [0.1, 0.15) is 12.5 Å². The molecule has 4 nitrogen and oxygen atoms in total. The van der Waals surface area contributed by atoms with Crippen molar-refractivity contribution in [3.63, 3.8) is 0 Å². The van der Waals surface area contributed by atoms with Crippen LogP contribution in [0.5, 0.6) is 0 Å². The Morgan fingerprint density at radius 1 is 1.21 bits per heavy atom. The number of carbonyl (C=O) groups is 2. The van der Waals surface area contributed by atoms with Gasteiger partial charge >= 0.3 is 0 Å². The number of allylic oxidation sites excluding steroid dienone is 3. The molecule has 0 heterocycles. The summed E-state index contributed by atoms with van der Waals surface area (Å²) in [6.45, 7) is 1.93. The highest BCUT2D eigenvalue weighted by atomic mass is 16.1. The predicted octanol–water partition coefficient (Wildman–Crippen LogP) is 1.63. The second kappa shape index (κ2) is 7.87. The fraction of sp³-hybridized carbons (Fsp3) is 0.200. The van der Waals surface area contributed by atoms with Crippen LogP contribution in [0.25, 0.3) is 0 Å². The zero-order valence-corrected chi connectivity index (χ0v) is 10.9. The highest BCUT2D eigenvalue weighted by molar-refractivity contribution is 5.87. The molecule has 0 unspecified atom stereocenters. The molecular weight excluding hydrogens is 240 g/mol. The molecule has 1 amide bonds. The Morgan fingerprint density at radius 3 is 2.53 bits per heavy atom. The molecule has 0 aliphatic carbocycles. The molecule has 1 aromatic rings. The summed E-state index contributed by atoms with van der Waals surface area (Å²) < 4.78 is 0. The van der Waals surface area contributed by atoms with Gasteiger partial charge in [-0.05, 0) is 30.7 Å². The van der Waals surface area contributed by atoms with E-state index >= 15 is 0 Å². The van der Waals surface area contributed by atoms with E-state index in [0.29, 0.717) is 18.7 Å². The Hall–Kier alpha value is -2.36. The average Bonchev–Trinajstić information content (AvgIpc) is 2.36. The summed E-state index contributed by atoms with van der Waals surface area (Å²) in [4.78, 5) is 22.2. The third-order valence-corrected chi connectivity index (χ3v) is 2.34. The van der Waals surface area contributed by atoms with Crippen LogP contribution in [0.15, 0.2) is 48.6 Å². The van der Waals surface area contributed by atoms with Crippen LogP contribution in [-0.4, -0.2) is 18.2 Å². The van der Waals surface area contributed by atoms with Crippen LogP contribution < -0.4 is 11.1 Å². The molecule has 0 radical (unpaired) electrons. The number of hydrogen-bond acceptors (Lipinski definition) is 3. The van der Waals surface area contributed by atoms with Crippen molar-refractivity contribution in [3.05, 3.63) is 54.1 Å². The number of nitrogens with two attached hydrogens (primary N) is 1. The highest BCUT2D eigenvalue weighted by Gasteiger charge is 2.01. The van der Waals surface area contributed by atoms with E-state index in [2.05, 4.69) is 5.32 Å². The number of carbonyl (C=O) groups excluding carboxylic acids is 2. The molecule has 0 spiro atoms. The molecule has 0 fully saturated rings. The molecular formula is C15H18N2O2.